The summed E-state index contributed by atoms with van der Waals surface area (Å²) in [7, 11) is 0. The second kappa shape index (κ2) is 7.46. The minimum absolute atomic E-state index is 0.330. The fraction of sp³-hybridized carbons (Fsp3) is 0.833. The average molecular weight is 161 g/mol. The van der Waals surface area contributed by atoms with Gasteiger partial charge in [-0.15, -0.1) is 0 Å². The number of carbonyl (C=O) groups excluding carboxylic acids is 1. The summed E-state index contributed by atoms with van der Waals surface area (Å²) < 4.78 is 0. The Bertz CT molecular complexity index is 108. The standard InChI is InChI=1S/C6H15N3O2/c1-6(10)11-9-5-4-8-3-2-7/h8-9H,2-5,7H2,1H3. The highest BCUT2D eigenvalue weighted by Crippen LogP contribution is 1.66. The molecule has 0 amide bonds. The summed E-state index contributed by atoms with van der Waals surface area (Å²) >= 11 is 0. The van der Waals surface area contributed by atoms with Crippen molar-refractivity contribution in [2.24, 2.45) is 5.73 Å². The molecule has 0 fully saturated rings. The largest absolute Gasteiger partial charge is 0.371 e. The smallest absolute Gasteiger partial charge is 0.321 e. The normalized spacial score (nSPS) is 9.64. The van der Waals surface area contributed by atoms with Gasteiger partial charge in [-0.05, 0) is 0 Å². The molecular formula is C6H15N3O2. The van der Waals surface area contributed by atoms with E-state index >= 15 is 0 Å². The number of nitrogens with two attached hydrogens (primary N) is 1. The van der Waals surface area contributed by atoms with Crippen molar-refractivity contribution in [3.05, 3.63) is 0 Å². The maximum atomic E-state index is 10.2. The Hall–Kier alpha value is -0.650. The zero-order valence-electron chi connectivity index (χ0n) is 6.72. The van der Waals surface area contributed by atoms with Crippen LogP contribution < -0.4 is 16.5 Å². The third kappa shape index (κ3) is 9.35. The summed E-state index contributed by atoms with van der Waals surface area (Å²) in [6.07, 6.45) is 0. The molecule has 0 aliphatic heterocycles. The van der Waals surface area contributed by atoms with Crippen molar-refractivity contribution in [1.29, 1.82) is 0 Å². The third-order valence-electron chi connectivity index (χ3n) is 0.941. The first-order valence-electron chi connectivity index (χ1n) is 3.58. The lowest BCUT2D eigenvalue weighted by molar-refractivity contribution is -0.148. The van der Waals surface area contributed by atoms with Crippen molar-refractivity contribution in [3.63, 3.8) is 0 Å². The average Bonchev–Trinajstić information content (AvgIpc) is 1.96. The van der Waals surface area contributed by atoms with Gasteiger partial charge in [0.1, 0.15) is 0 Å². The molecule has 0 aromatic carbocycles. The van der Waals surface area contributed by atoms with Crippen molar-refractivity contribution in [2.75, 3.05) is 26.2 Å². The van der Waals surface area contributed by atoms with E-state index in [0.717, 1.165) is 13.1 Å². The van der Waals surface area contributed by atoms with Gasteiger partial charge in [0.25, 0.3) is 0 Å². The summed E-state index contributed by atoms with van der Waals surface area (Å²) in [6, 6.07) is 0. The Morgan fingerprint density at radius 3 is 2.73 bits per heavy atom. The molecule has 0 saturated heterocycles. The molecule has 11 heavy (non-hydrogen) atoms. The molecule has 0 unspecified atom stereocenters. The molecule has 66 valence electrons. The molecule has 0 atom stereocenters. The zero-order chi connectivity index (χ0) is 8.53. The van der Waals surface area contributed by atoms with Gasteiger partial charge in [-0.3, -0.25) is 4.79 Å². The molecule has 0 aromatic rings. The van der Waals surface area contributed by atoms with E-state index in [-0.39, 0.29) is 5.97 Å². The minimum Gasteiger partial charge on any atom is -0.371 e. The molecule has 0 spiro atoms. The van der Waals surface area contributed by atoms with Gasteiger partial charge < -0.3 is 15.9 Å². The Morgan fingerprint density at radius 2 is 2.18 bits per heavy atom. The summed E-state index contributed by atoms with van der Waals surface area (Å²) in [5, 5.41) is 3.03. The molecule has 0 bridgehead atoms. The SMILES string of the molecule is CC(=O)ONCCNCCN. The van der Waals surface area contributed by atoms with E-state index in [1.807, 2.05) is 0 Å². The first kappa shape index (κ1) is 10.3. The number of carbonyl (C=O) groups is 1. The lowest BCUT2D eigenvalue weighted by Crippen LogP contribution is -2.31. The van der Waals surface area contributed by atoms with Gasteiger partial charge in [0.15, 0.2) is 0 Å². The number of hydrogen-bond acceptors (Lipinski definition) is 5. The summed E-state index contributed by atoms with van der Waals surface area (Å²) in [6.45, 7) is 4.08. The van der Waals surface area contributed by atoms with Crippen LogP contribution in [0, 0.1) is 0 Å². The predicted octanol–water partition coefficient (Wildman–Crippen LogP) is -1.40. The fourth-order valence-electron chi connectivity index (χ4n) is 0.519. The summed E-state index contributed by atoms with van der Waals surface area (Å²) in [5.41, 5.74) is 7.71. The Kier molecular flexibility index (Phi) is 7.02. The van der Waals surface area contributed by atoms with Crippen LogP contribution >= 0.6 is 0 Å². The Balaban J connectivity index is 2.85. The van der Waals surface area contributed by atoms with Crippen LogP contribution in [0.4, 0.5) is 0 Å². The van der Waals surface area contributed by atoms with Gasteiger partial charge in [-0.1, -0.05) is 0 Å². The quantitative estimate of drug-likeness (QED) is 0.330. The number of nitrogens with one attached hydrogen (secondary N) is 2. The first-order chi connectivity index (χ1) is 5.27. The van der Waals surface area contributed by atoms with Crippen LogP contribution in [0.25, 0.3) is 0 Å². The van der Waals surface area contributed by atoms with E-state index < -0.39 is 0 Å². The van der Waals surface area contributed by atoms with Crippen LogP contribution in [-0.2, 0) is 9.63 Å². The highest BCUT2D eigenvalue weighted by Gasteiger charge is 1.89. The highest BCUT2D eigenvalue weighted by molar-refractivity contribution is 5.65. The van der Waals surface area contributed by atoms with Gasteiger partial charge in [-0.25, -0.2) is 0 Å². The second-order valence-corrected chi connectivity index (χ2v) is 2.03. The van der Waals surface area contributed by atoms with Crippen LogP contribution in [0.1, 0.15) is 6.92 Å². The summed E-state index contributed by atoms with van der Waals surface area (Å²) in [4.78, 5) is 14.7. The van der Waals surface area contributed by atoms with Crippen LogP contribution in [0.15, 0.2) is 0 Å². The molecule has 0 aliphatic carbocycles. The van der Waals surface area contributed by atoms with Gasteiger partial charge in [0.2, 0.25) is 0 Å². The van der Waals surface area contributed by atoms with Crippen LogP contribution in [0.5, 0.6) is 0 Å². The van der Waals surface area contributed by atoms with Crippen LogP contribution in [0.2, 0.25) is 0 Å². The van der Waals surface area contributed by atoms with Crippen molar-refractivity contribution >= 4 is 5.97 Å². The molecule has 0 radical (unpaired) electrons. The van der Waals surface area contributed by atoms with E-state index in [2.05, 4.69) is 15.6 Å². The molecule has 4 N–H and O–H groups in total. The van der Waals surface area contributed by atoms with E-state index in [0.29, 0.717) is 13.1 Å². The lowest BCUT2D eigenvalue weighted by atomic mass is 10.6. The van der Waals surface area contributed by atoms with Crippen LogP contribution in [-0.4, -0.2) is 32.1 Å². The maximum absolute atomic E-state index is 10.2. The van der Waals surface area contributed by atoms with Crippen molar-refractivity contribution in [2.45, 2.75) is 6.92 Å². The van der Waals surface area contributed by atoms with Gasteiger partial charge in [0, 0.05) is 33.1 Å². The van der Waals surface area contributed by atoms with Gasteiger partial charge in [-0.2, -0.15) is 5.48 Å². The molecule has 0 aromatic heterocycles. The van der Waals surface area contributed by atoms with Gasteiger partial charge >= 0.3 is 5.97 Å². The third-order valence-corrected chi connectivity index (χ3v) is 0.941. The van der Waals surface area contributed by atoms with E-state index in [4.69, 9.17) is 5.73 Å². The second-order valence-electron chi connectivity index (χ2n) is 2.03. The molecule has 0 aliphatic rings. The first-order valence-corrected chi connectivity index (χ1v) is 3.58. The van der Waals surface area contributed by atoms with E-state index in [1.165, 1.54) is 6.92 Å². The predicted molar refractivity (Wildman–Crippen MR) is 41.7 cm³/mol. The molecule has 0 saturated carbocycles. The molecule has 5 nitrogen and oxygen atoms in total. The molecule has 5 heteroatoms. The van der Waals surface area contributed by atoms with E-state index in [9.17, 15) is 4.79 Å². The van der Waals surface area contributed by atoms with E-state index in [1.54, 1.807) is 0 Å². The minimum atomic E-state index is -0.330. The Morgan fingerprint density at radius 1 is 1.45 bits per heavy atom. The number of hydroxylamine groups is 1. The van der Waals surface area contributed by atoms with Gasteiger partial charge in [0.05, 0.1) is 0 Å². The van der Waals surface area contributed by atoms with Crippen molar-refractivity contribution < 1.29 is 9.63 Å². The van der Waals surface area contributed by atoms with Crippen LogP contribution in [0.3, 0.4) is 0 Å². The maximum Gasteiger partial charge on any atom is 0.321 e. The van der Waals surface area contributed by atoms with Crippen molar-refractivity contribution in [3.8, 4) is 0 Å². The number of hydrogen-bond donors (Lipinski definition) is 3. The topological polar surface area (TPSA) is 76.4 Å². The Labute approximate surface area is 66.2 Å². The fourth-order valence-corrected chi connectivity index (χ4v) is 0.519. The lowest BCUT2D eigenvalue weighted by Gasteiger charge is -2.03. The zero-order valence-corrected chi connectivity index (χ0v) is 6.72. The summed E-state index contributed by atoms with van der Waals surface area (Å²) in [5.74, 6) is -0.330. The number of rotatable bonds is 6. The highest BCUT2D eigenvalue weighted by atomic mass is 16.7. The molecule has 0 rings (SSSR count). The molecule has 0 heterocycles. The van der Waals surface area contributed by atoms with Crippen molar-refractivity contribution in [1.82, 2.24) is 10.8 Å². The monoisotopic (exact) mass is 161 g/mol. The molecular weight excluding hydrogens is 146 g/mol.